The van der Waals surface area contributed by atoms with Crippen LogP contribution in [0, 0.1) is 0 Å². The van der Waals surface area contributed by atoms with Crippen LogP contribution in [-0.4, -0.2) is 29.5 Å². The van der Waals surface area contributed by atoms with Crippen molar-refractivity contribution < 1.29 is 19.4 Å². The van der Waals surface area contributed by atoms with Gasteiger partial charge in [0, 0.05) is 17.0 Å². The molecule has 1 aliphatic heterocycles. The number of carbonyl (C=O) groups is 2. The highest BCUT2D eigenvalue weighted by atomic mass is 35.5. The maximum absolute atomic E-state index is 11.4. The predicted molar refractivity (Wildman–Crippen MR) is 71.4 cm³/mol. The number of carboxylic acids is 1. The average Bonchev–Trinajstić information content (AvgIpc) is 3.06. The molecule has 3 rings (SSSR count). The first-order chi connectivity index (χ1) is 9.56. The number of aliphatic carboxylic acids is 1. The van der Waals surface area contributed by atoms with Crippen LogP contribution in [-0.2, 0) is 14.3 Å². The van der Waals surface area contributed by atoms with Gasteiger partial charge >= 0.3 is 5.97 Å². The fourth-order valence-electron chi connectivity index (χ4n) is 2.34. The maximum atomic E-state index is 11.4. The van der Waals surface area contributed by atoms with Gasteiger partial charge in [-0.2, -0.15) is 0 Å². The molecule has 0 bridgehead atoms. The number of carbonyl (C=O) groups excluding carboxylic acids is 1. The minimum absolute atomic E-state index is 0.0870. The zero-order chi connectivity index (χ0) is 14.3. The fraction of sp³-hybridized carbons (Fsp3) is 0.286. The van der Waals surface area contributed by atoms with Gasteiger partial charge in [0.25, 0.3) is 0 Å². The number of carboxylic acid groups (broad SMARTS) is 1. The molecular weight excluding hydrogens is 282 g/mol. The second kappa shape index (κ2) is 4.83. The molecule has 1 aromatic rings. The topological polar surface area (TPSA) is 75.6 Å². The molecule has 0 amide bonds. The van der Waals surface area contributed by atoms with E-state index in [9.17, 15) is 9.59 Å². The third kappa shape index (κ3) is 2.36. The summed E-state index contributed by atoms with van der Waals surface area (Å²) >= 11 is 5.83. The van der Waals surface area contributed by atoms with Gasteiger partial charge in [-0.1, -0.05) is 23.7 Å². The van der Waals surface area contributed by atoms with E-state index < -0.39 is 11.8 Å². The van der Waals surface area contributed by atoms with Crippen molar-refractivity contribution >= 4 is 23.4 Å². The van der Waals surface area contributed by atoms with Crippen LogP contribution in [0.25, 0.3) is 0 Å². The predicted octanol–water partition coefficient (Wildman–Crippen LogP) is 1.68. The lowest BCUT2D eigenvalue weighted by atomic mass is 10.1. The fourth-order valence-corrected chi connectivity index (χ4v) is 2.47. The summed E-state index contributed by atoms with van der Waals surface area (Å²) < 4.78 is 5.11. The summed E-state index contributed by atoms with van der Waals surface area (Å²) in [6.07, 6.45) is 0.871. The number of hydrogen-bond acceptors (Lipinski definition) is 4. The van der Waals surface area contributed by atoms with Crippen LogP contribution in [0.5, 0.6) is 0 Å². The normalized spacial score (nSPS) is 24.6. The van der Waals surface area contributed by atoms with E-state index in [-0.39, 0.29) is 30.0 Å². The summed E-state index contributed by atoms with van der Waals surface area (Å²) in [5.41, 5.74) is 0.848. The molecule has 2 aliphatic rings. The van der Waals surface area contributed by atoms with E-state index in [1.807, 2.05) is 24.3 Å². The van der Waals surface area contributed by atoms with Gasteiger partial charge < -0.3 is 15.2 Å². The molecule has 0 saturated heterocycles. The van der Waals surface area contributed by atoms with Crippen molar-refractivity contribution in [2.75, 3.05) is 6.61 Å². The van der Waals surface area contributed by atoms with Crippen molar-refractivity contribution in [3.63, 3.8) is 0 Å². The highest BCUT2D eigenvalue weighted by Crippen LogP contribution is 2.42. The van der Waals surface area contributed by atoms with Crippen molar-refractivity contribution in [2.24, 2.45) is 0 Å². The maximum Gasteiger partial charge on any atom is 0.344 e. The molecular formula is C14H12ClNO4. The Bertz CT molecular complexity index is 608. The van der Waals surface area contributed by atoms with Gasteiger partial charge in [-0.15, -0.1) is 0 Å². The van der Waals surface area contributed by atoms with Gasteiger partial charge in [-0.05, 0) is 24.1 Å². The Morgan fingerprint density at radius 2 is 2.05 bits per heavy atom. The summed E-state index contributed by atoms with van der Waals surface area (Å²) in [4.78, 5) is 22.4. The van der Waals surface area contributed by atoms with Gasteiger partial charge in [-0.25, -0.2) is 4.79 Å². The number of Topliss-reactive ketones (excluding diaryl/α,β-unsaturated/α-hetero) is 1. The van der Waals surface area contributed by atoms with E-state index in [4.69, 9.17) is 21.4 Å². The third-order valence-corrected chi connectivity index (χ3v) is 3.72. The molecule has 0 aromatic heterocycles. The molecule has 104 valence electrons. The van der Waals surface area contributed by atoms with Gasteiger partial charge in [0.2, 0.25) is 11.7 Å². The standard InChI is InChI=1S/C14H12ClNO4/c15-8-3-1-7(2-4-8)9-5-10(9)16-13-12(14(18)19)11(17)6-20-13/h1-4,9-10,16H,5-6H2,(H,18,19)/t9-,10+/m0/s1. The molecule has 1 heterocycles. The molecule has 0 radical (unpaired) electrons. The first kappa shape index (κ1) is 13.0. The smallest absolute Gasteiger partial charge is 0.344 e. The van der Waals surface area contributed by atoms with Gasteiger partial charge in [-0.3, -0.25) is 4.79 Å². The van der Waals surface area contributed by atoms with Crippen molar-refractivity contribution in [3.8, 4) is 0 Å². The van der Waals surface area contributed by atoms with Gasteiger partial charge in [0.05, 0.1) is 0 Å². The number of hydrogen-bond donors (Lipinski definition) is 2. The van der Waals surface area contributed by atoms with Crippen molar-refractivity contribution in [3.05, 3.63) is 46.3 Å². The second-order valence-electron chi connectivity index (χ2n) is 4.87. The summed E-state index contributed by atoms with van der Waals surface area (Å²) in [5, 5.41) is 12.7. The molecule has 1 saturated carbocycles. The van der Waals surface area contributed by atoms with Crippen molar-refractivity contribution in [1.29, 1.82) is 0 Å². The molecule has 2 N–H and O–H groups in total. The number of benzene rings is 1. The average molecular weight is 294 g/mol. The van der Waals surface area contributed by atoms with Crippen molar-refractivity contribution in [2.45, 2.75) is 18.4 Å². The van der Waals surface area contributed by atoms with Crippen LogP contribution in [0.1, 0.15) is 17.9 Å². The van der Waals surface area contributed by atoms with Crippen LogP contribution in [0.4, 0.5) is 0 Å². The number of ether oxygens (including phenoxy) is 1. The summed E-state index contributed by atoms with van der Waals surface area (Å²) in [6.45, 7) is -0.206. The molecule has 1 aliphatic carbocycles. The Kier molecular flexibility index (Phi) is 3.14. The Hall–Kier alpha value is -2.01. The second-order valence-corrected chi connectivity index (χ2v) is 5.30. The van der Waals surface area contributed by atoms with Crippen LogP contribution in [0.15, 0.2) is 35.7 Å². The molecule has 1 aromatic carbocycles. The molecule has 5 nitrogen and oxygen atoms in total. The zero-order valence-electron chi connectivity index (χ0n) is 10.4. The number of rotatable bonds is 4. The largest absolute Gasteiger partial charge is 0.477 e. The highest BCUT2D eigenvalue weighted by molar-refractivity contribution is 6.30. The van der Waals surface area contributed by atoms with E-state index in [0.717, 1.165) is 12.0 Å². The molecule has 2 atom stereocenters. The summed E-state index contributed by atoms with van der Waals surface area (Å²) in [5.74, 6) is -1.37. The molecule has 6 heteroatoms. The molecule has 0 unspecified atom stereocenters. The highest BCUT2D eigenvalue weighted by Gasteiger charge is 2.41. The van der Waals surface area contributed by atoms with Crippen LogP contribution in [0.2, 0.25) is 5.02 Å². The first-order valence-corrected chi connectivity index (χ1v) is 6.59. The first-order valence-electron chi connectivity index (χ1n) is 6.22. The SMILES string of the molecule is O=C(O)C1=C(N[C@@H]2C[C@H]2c2ccc(Cl)cc2)OCC1=O. The lowest BCUT2D eigenvalue weighted by Crippen LogP contribution is -2.21. The lowest BCUT2D eigenvalue weighted by Gasteiger charge is -2.07. The van der Waals surface area contributed by atoms with E-state index in [0.29, 0.717) is 5.02 Å². The third-order valence-electron chi connectivity index (χ3n) is 3.47. The van der Waals surface area contributed by atoms with Crippen LogP contribution < -0.4 is 5.32 Å². The quantitative estimate of drug-likeness (QED) is 0.826. The van der Waals surface area contributed by atoms with Crippen LogP contribution >= 0.6 is 11.6 Å². The Balaban J connectivity index is 1.70. The van der Waals surface area contributed by atoms with Gasteiger partial charge in [0.1, 0.15) is 0 Å². The molecule has 20 heavy (non-hydrogen) atoms. The van der Waals surface area contributed by atoms with E-state index >= 15 is 0 Å². The Labute approximate surface area is 120 Å². The summed E-state index contributed by atoms with van der Waals surface area (Å²) in [6, 6.07) is 7.63. The van der Waals surface area contributed by atoms with E-state index in [1.165, 1.54) is 0 Å². The number of ketones is 1. The monoisotopic (exact) mass is 293 g/mol. The lowest BCUT2D eigenvalue weighted by molar-refractivity contribution is -0.134. The molecule has 1 fully saturated rings. The molecule has 0 spiro atoms. The minimum Gasteiger partial charge on any atom is -0.477 e. The number of nitrogens with one attached hydrogen (secondary N) is 1. The summed E-state index contributed by atoms with van der Waals surface area (Å²) in [7, 11) is 0. The Morgan fingerprint density at radius 1 is 1.35 bits per heavy atom. The minimum atomic E-state index is -1.25. The van der Waals surface area contributed by atoms with Gasteiger partial charge in [0.15, 0.2) is 12.2 Å². The van der Waals surface area contributed by atoms with Crippen molar-refractivity contribution in [1.82, 2.24) is 5.32 Å². The Morgan fingerprint density at radius 3 is 2.70 bits per heavy atom. The van der Waals surface area contributed by atoms with Crippen LogP contribution in [0.3, 0.4) is 0 Å². The number of halogens is 1. The van der Waals surface area contributed by atoms with E-state index in [1.54, 1.807) is 0 Å². The van der Waals surface area contributed by atoms with E-state index in [2.05, 4.69) is 5.32 Å². The zero-order valence-corrected chi connectivity index (χ0v) is 11.2.